The van der Waals surface area contributed by atoms with Crippen LogP contribution in [-0.2, 0) is 12.8 Å². The van der Waals surface area contributed by atoms with Crippen molar-refractivity contribution in [2.75, 3.05) is 32.8 Å². The molecule has 1 atom stereocenters. The van der Waals surface area contributed by atoms with Crippen LogP contribution < -0.4 is 10.1 Å². The molecular weight excluding hydrogens is 344 g/mol. The highest BCUT2D eigenvalue weighted by Gasteiger charge is 2.22. The van der Waals surface area contributed by atoms with Crippen LogP contribution in [0.5, 0.6) is 5.75 Å². The maximum Gasteiger partial charge on any atom is 0.119 e. The molecule has 0 radical (unpaired) electrons. The lowest BCUT2D eigenvalue weighted by molar-refractivity contribution is 0.205. The zero-order valence-electron chi connectivity index (χ0n) is 17.8. The first-order valence-electron chi connectivity index (χ1n) is 12.1. The van der Waals surface area contributed by atoms with Gasteiger partial charge in [-0.25, -0.2) is 0 Å². The number of hydrogen-bond acceptors (Lipinski definition) is 3. The van der Waals surface area contributed by atoms with Gasteiger partial charge in [0.25, 0.3) is 0 Å². The third kappa shape index (κ3) is 5.97. The summed E-state index contributed by atoms with van der Waals surface area (Å²) in [6.45, 7) is 5.72. The highest BCUT2D eigenvalue weighted by atomic mass is 16.5. The van der Waals surface area contributed by atoms with E-state index in [1.54, 1.807) is 5.56 Å². The highest BCUT2D eigenvalue weighted by Crippen LogP contribution is 2.30. The molecule has 1 saturated carbocycles. The summed E-state index contributed by atoms with van der Waals surface area (Å²) in [6.07, 6.45) is 16.3. The minimum Gasteiger partial charge on any atom is -0.494 e. The molecule has 1 aromatic carbocycles. The van der Waals surface area contributed by atoms with Crippen LogP contribution in [0, 0.1) is 5.92 Å². The van der Waals surface area contributed by atoms with E-state index in [9.17, 15) is 0 Å². The van der Waals surface area contributed by atoms with Gasteiger partial charge in [0.1, 0.15) is 5.75 Å². The molecule has 3 aliphatic rings. The summed E-state index contributed by atoms with van der Waals surface area (Å²) in [5.41, 5.74) is 3.05. The van der Waals surface area contributed by atoms with Gasteiger partial charge in [0.05, 0.1) is 6.61 Å². The van der Waals surface area contributed by atoms with Gasteiger partial charge in [-0.2, -0.15) is 0 Å². The van der Waals surface area contributed by atoms with Crippen molar-refractivity contribution in [1.82, 2.24) is 10.2 Å². The lowest BCUT2D eigenvalue weighted by Crippen LogP contribution is -2.33. The molecule has 0 amide bonds. The monoisotopic (exact) mass is 384 g/mol. The Hall–Kier alpha value is -1.06. The Morgan fingerprint density at radius 3 is 2.64 bits per heavy atom. The van der Waals surface area contributed by atoms with Crippen LogP contribution in [0.4, 0.5) is 0 Å². The van der Waals surface area contributed by atoms with E-state index in [0.717, 1.165) is 37.7 Å². The van der Waals surface area contributed by atoms with Crippen molar-refractivity contribution in [3.05, 3.63) is 29.3 Å². The summed E-state index contributed by atoms with van der Waals surface area (Å²) in [7, 11) is 0. The van der Waals surface area contributed by atoms with Crippen LogP contribution in [0.25, 0.3) is 0 Å². The van der Waals surface area contributed by atoms with Crippen LogP contribution >= 0.6 is 0 Å². The first kappa shape index (κ1) is 20.2. The summed E-state index contributed by atoms with van der Waals surface area (Å²) in [5, 5.41) is 3.84. The SMILES string of the molecule is c1cc2c(cc1OCCCN1CCCCC1)CCNC(CC1CCCCC1)C2. The molecule has 2 fully saturated rings. The molecule has 2 aliphatic heterocycles. The smallest absolute Gasteiger partial charge is 0.119 e. The second-order valence-electron chi connectivity index (χ2n) is 9.38. The maximum atomic E-state index is 6.11. The predicted molar refractivity (Wildman–Crippen MR) is 117 cm³/mol. The largest absolute Gasteiger partial charge is 0.494 e. The molecule has 4 rings (SSSR count). The number of fused-ring (bicyclic) bond motifs is 1. The molecule has 0 aromatic heterocycles. The number of likely N-dealkylation sites (tertiary alicyclic amines) is 1. The molecule has 156 valence electrons. The Labute approximate surface area is 172 Å². The van der Waals surface area contributed by atoms with Crippen LogP contribution in [0.3, 0.4) is 0 Å². The van der Waals surface area contributed by atoms with Crippen LogP contribution in [-0.4, -0.2) is 43.7 Å². The second-order valence-corrected chi connectivity index (χ2v) is 9.38. The molecule has 28 heavy (non-hydrogen) atoms. The quantitative estimate of drug-likeness (QED) is 0.672. The van der Waals surface area contributed by atoms with Crippen LogP contribution in [0.1, 0.15) is 75.3 Å². The fraction of sp³-hybridized carbons (Fsp3) is 0.760. The number of hydrogen-bond donors (Lipinski definition) is 1. The van der Waals surface area contributed by atoms with Gasteiger partial charge in [-0.05, 0) is 87.3 Å². The summed E-state index contributed by atoms with van der Waals surface area (Å²) >= 11 is 0. The first-order chi connectivity index (χ1) is 13.9. The molecule has 1 unspecified atom stereocenters. The molecule has 1 aromatic rings. The van der Waals surface area contributed by atoms with Gasteiger partial charge in [0, 0.05) is 12.6 Å². The maximum absolute atomic E-state index is 6.11. The minimum absolute atomic E-state index is 0.667. The molecule has 0 bridgehead atoms. The van der Waals surface area contributed by atoms with Crippen molar-refractivity contribution in [3.63, 3.8) is 0 Å². The van der Waals surface area contributed by atoms with E-state index in [-0.39, 0.29) is 0 Å². The summed E-state index contributed by atoms with van der Waals surface area (Å²) in [6, 6.07) is 7.54. The van der Waals surface area contributed by atoms with Crippen LogP contribution in [0.2, 0.25) is 0 Å². The van der Waals surface area contributed by atoms with Crippen molar-refractivity contribution < 1.29 is 4.74 Å². The zero-order chi connectivity index (χ0) is 19.0. The Balaban J connectivity index is 1.24. The van der Waals surface area contributed by atoms with Gasteiger partial charge >= 0.3 is 0 Å². The van der Waals surface area contributed by atoms with E-state index in [4.69, 9.17) is 4.74 Å². The first-order valence-corrected chi connectivity index (χ1v) is 12.1. The average molecular weight is 385 g/mol. The third-order valence-electron chi connectivity index (χ3n) is 7.15. The predicted octanol–water partition coefficient (Wildman–Crippen LogP) is 4.97. The van der Waals surface area contributed by atoms with E-state index >= 15 is 0 Å². The van der Waals surface area contributed by atoms with E-state index in [1.807, 2.05) is 0 Å². The van der Waals surface area contributed by atoms with Gasteiger partial charge in [-0.1, -0.05) is 44.6 Å². The number of nitrogens with one attached hydrogen (secondary N) is 1. The third-order valence-corrected chi connectivity index (χ3v) is 7.15. The lowest BCUT2D eigenvalue weighted by atomic mass is 9.83. The molecule has 0 spiro atoms. The molecule has 2 heterocycles. The standard InChI is InChI=1S/C25H40N2O/c1-3-8-21(9-4-1)18-24-19-22-10-11-25(20-23(22)12-13-26-24)28-17-7-16-27-14-5-2-6-15-27/h10-11,20-21,24,26H,1-9,12-19H2. The van der Waals surface area contributed by atoms with Gasteiger partial charge in [0.15, 0.2) is 0 Å². The van der Waals surface area contributed by atoms with Crippen molar-refractivity contribution in [3.8, 4) is 5.75 Å². The summed E-state index contributed by atoms with van der Waals surface area (Å²) in [5.74, 6) is 2.03. The van der Waals surface area contributed by atoms with Crippen molar-refractivity contribution in [2.45, 2.75) is 83.1 Å². The Morgan fingerprint density at radius 2 is 1.79 bits per heavy atom. The fourth-order valence-electron chi connectivity index (χ4n) is 5.53. The number of ether oxygens (including phenoxy) is 1. The number of benzene rings is 1. The minimum atomic E-state index is 0.667. The summed E-state index contributed by atoms with van der Waals surface area (Å²) < 4.78 is 6.11. The van der Waals surface area contributed by atoms with Crippen molar-refractivity contribution in [1.29, 1.82) is 0 Å². The molecule has 1 saturated heterocycles. The van der Waals surface area contributed by atoms with Crippen molar-refractivity contribution >= 4 is 0 Å². The van der Waals surface area contributed by atoms with E-state index < -0.39 is 0 Å². The molecule has 1 aliphatic carbocycles. The molecule has 3 heteroatoms. The van der Waals surface area contributed by atoms with Gasteiger partial charge in [-0.15, -0.1) is 0 Å². The number of rotatable bonds is 7. The second kappa shape index (κ2) is 10.6. The Bertz CT molecular complexity index is 590. The molecular formula is C25H40N2O. The summed E-state index contributed by atoms with van der Waals surface area (Å²) in [4.78, 5) is 2.60. The Morgan fingerprint density at radius 1 is 0.964 bits per heavy atom. The fourth-order valence-corrected chi connectivity index (χ4v) is 5.53. The van der Waals surface area contributed by atoms with Gasteiger partial charge in [0.2, 0.25) is 0 Å². The average Bonchev–Trinajstić information content (AvgIpc) is 2.94. The normalized spacial score (nSPS) is 24.5. The van der Waals surface area contributed by atoms with E-state index in [2.05, 4.69) is 28.4 Å². The number of piperidine rings is 1. The van der Waals surface area contributed by atoms with E-state index in [0.29, 0.717) is 6.04 Å². The molecule has 3 nitrogen and oxygen atoms in total. The van der Waals surface area contributed by atoms with Crippen LogP contribution in [0.15, 0.2) is 18.2 Å². The Kier molecular flexibility index (Phi) is 7.69. The van der Waals surface area contributed by atoms with Crippen molar-refractivity contribution in [2.24, 2.45) is 5.92 Å². The van der Waals surface area contributed by atoms with Gasteiger partial charge < -0.3 is 15.0 Å². The zero-order valence-corrected chi connectivity index (χ0v) is 17.8. The lowest BCUT2D eigenvalue weighted by Gasteiger charge is -2.26. The molecule has 1 N–H and O–H groups in total. The highest BCUT2D eigenvalue weighted by molar-refractivity contribution is 5.37. The van der Waals surface area contributed by atoms with E-state index in [1.165, 1.54) is 89.4 Å². The number of nitrogens with zero attached hydrogens (tertiary/aromatic N) is 1. The topological polar surface area (TPSA) is 24.5 Å². The van der Waals surface area contributed by atoms with Gasteiger partial charge in [-0.3, -0.25) is 0 Å².